The summed E-state index contributed by atoms with van der Waals surface area (Å²) in [4.78, 5) is 18.7. The van der Waals surface area contributed by atoms with Crippen molar-refractivity contribution in [2.45, 2.75) is 57.3 Å². The summed E-state index contributed by atoms with van der Waals surface area (Å²) in [7, 11) is 0. The topological polar surface area (TPSA) is 78.6 Å². The Balaban J connectivity index is 1.37. The van der Waals surface area contributed by atoms with Gasteiger partial charge in [0.25, 0.3) is 0 Å². The molecule has 2 atom stereocenters. The molecule has 10 heteroatoms. The number of alkyl halides is 3. The van der Waals surface area contributed by atoms with Crippen LogP contribution in [0.25, 0.3) is 22.4 Å². The number of aromatic nitrogens is 6. The Hall–Kier alpha value is -3.40. The fourth-order valence-corrected chi connectivity index (χ4v) is 4.43. The van der Waals surface area contributed by atoms with Crippen molar-refractivity contribution in [2.75, 3.05) is 6.61 Å². The molecule has 35 heavy (non-hydrogen) atoms. The summed E-state index contributed by atoms with van der Waals surface area (Å²) in [5, 5.41) is 4.46. The van der Waals surface area contributed by atoms with Crippen molar-refractivity contribution in [1.82, 2.24) is 29.7 Å². The number of nitrogens with zero attached hydrogens (tertiary/aromatic N) is 6. The first-order chi connectivity index (χ1) is 16.8. The van der Waals surface area contributed by atoms with Crippen LogP contribution in [0.1, 0.15) is 65.7 Å². The van der Waals surface area contributed by atoms with Gasteiger partial charge in [0.1, 0.15) is 17.0 Å². The lowest BCUT2D eigenvalue weighted by Gasteiger charge is -2.13. The van der Waals surface area contributed by atoms with Crippen molar-refractivity contribution in [1.29, 1.82) is 0 Å². The highest BCUT2D eigenvalue weighted by Gasteiger charge is 2.33. The Bertz CT molecular complexity index is 1410. The van der Waals surface area contributed by atoms with E-state index in [0.717, 1.165) is 41.9 Å². The predicted octanol–water partition coefficient (Wildman–Crippen LogP) is 5.50. The zero-order chi connectivity index (χ0) is 24.3. The number of halogens is 3. The van der Waals surface area contributed by atoms with E-state index >= 15 is 0 Å². The molecule has 0 N–H and O–H groups in total. The molecule has 2 aliphatic rings. The summed E-state index contributed by atoms with van der Waals surface area (Å²) in [6.45, 7) is 4.13. The Labute approximate surface area is 199 Å². The molecule has 0 bridgehead atoms. The van der Waals surface area contributed by atoms with Gasteiger partial charge in [0.05, 0.1) is 41.9 Å². The lowest BCUT2D eigenvalue weighted by atomic mass is 10.0. The molecule has 1 saturated heterocycles. The number of benzene rings is 1. The molecule has 2 fully saturated rings. The highest BCUT2D eigenvalue weighted by molar-refractivity contribution is 5.87. The van der Waals surface area contributed by atoms with E-state index in [9.17, 15) is 13.2 Å². The minimum atomic E-state index is -4.41. The van der Waals surface area contributed by atoms with Crippen molar-refractivity contribution >= 4 is 11.2 Å². The number of aryl methyl sites for hydroxylation is 2. The van der Waals surface area contributed by atoms with Crippen molar-refractivity contribution in [3.05, 3.63) is 65.0 Å². The van der Waals surface area contributed by atoms with Gasteiger partial charge >= 0.3 is 6.18 Å². The minimum Gasteiger partial charge on any atom is -0.373 e. The summed E-state index contributed by atoms with van der Waals surface area (Å²) in [5.41, 5.74) is 3.69. The van der Waals surface area contributed by atoms with Crippen LogP contribution in [0.15, 0.2) is 36.7 Å². The third-order valence-corrected chi connectivity index (χ3v) is 6.72. The van der Waals surface area contributed by atoms with E-state index in [2.05, 4.69) is 21.3 Å². The summed E-state index contributed by atoms with van der Waals surface area (Å²) >= 11 is 0. The molecule has 1 aliphatic carbocycles. The maximum absolute atomic E-state index is 13.1. The third-order valence-electron chi connectivity index (χ3n) is 6.72. The van der Waals surface area contributed by atoms with Crippen LogP contribution >= 0.6 is 0 Å². The molecule has 0 amide bonds. The minimum absolute atomic E-state index is 0.0784. The van der Waals surface area contributed by atoms with Gasteiger partial charge in [-0.15, -0.1) is 0 Å². The highest BCUT2D eigenvalue weighted by Crippen LogP contribution is 2.40. The van der Waals surface area contributed by atoms with Crippen LogP contribution in [0.2, 0.25) is 0 Å². The fraction of sp³-hybridized carbons (Fsp3) is 0.400. The normalized spacial score (nSPS) is 20.6. The van der Waals surface area contributed by atoms with Gasteiger partial charge in [0.15, 0.2) is 5.65 Å². The molecule has 1 saturated carbocycles. The lowest BCUT2D eigenvalue weighted by Crippen LogP contribution is -2.09. The molecule has 2 unspecified atom stereocenters. The molecule has 6 rings (SSSR count). The van der Waals surface area contributed by atoms with E-state index in [-0.39, 0.29) is 12.0 Å². The van der Waals surface area contributed by atoms with E-state index < -0.39 is 11.7 Å². The van der Waals surface area contributed by atoms with Gasteiger partial charge in [-0.1, -0.05) is 12.1 Å². The average molecular weight is 480 g/mol. The standard InChI is InChI=1S/C25H23F3N6O/c1-13-14(2)31-24-22(30-13)21(15-3-5-18(6-4-15)25(26,27)28)32-23(33-24)16-9-20(35-12-16)17-10-29-34(11-17)19-7-8-19/h3-6,10-11,16,19-20H,7-9,12H2,1-2H3. The van der Waals surface area contributed by atoms with E-state index in [1.807, 2.05) is 24.7 Å². The van der Waals surface area contributed by atoms with Crippen LogP contribution in [0.5, 0.6) is 0 Å². The zero-order valence-electron chi connectivity index (χ0n) is 19.3. The zero-order valence-corrected chi connectivity index (χ0v) is 19.3. The molecule has 180 valence electrons. The average Bonchev–Trinajstić information content (AvgIpc) is 3.35. The monoisotopic (exact) mass is 480 g/mol. The maximum atomic E-state index is 13.1. The number of rotatable bonds is 4. The highest BCUT2D eigenvalue weighted by atomic mass is 19.4. The van der Waals surface area contributed by atoms with E-state index in [0.29, 0.717) is 47.3 Å². The predicted molar refractivity (Wildman–Crippen MR) is 122 cm³/mol. The molecule has 0 spiro atoms. The van der Waals surface area contributed by atoms with Gasteiger partial charge in [-0.05, 0) is 45.2 Å². The van der Waals surface area contributed by atoms with Crippen LogP contribution < -0.4 is 0 Å². The van der Waals surface area contributed by atoms with Crippen molar-refractivity contribution in [2.24, 2.45) is 0 Å². The van der Waals surface area contributed by atoms with E-state index in [1.54, 1.807) is 0 Å². The molecular weight excluding hydrogens is 457 g/mol. The molecule has 4 heterocycles. The second-order valence-corrected chi connectivity index (χ2v) is 9.31. The Morgan fingerprint density at radius 3 is 2.43 bits per heavy atom. The first-order valence-corrected chi connectivity index (χ1v) is 11.6. The fourth-order valence-electron chi connectivity index (χ4n) is 4.43. The first-order valence-electron chi connectivity index (χ1n) is 11.6. The second kappa shape index (κ2) is 8.08. The Kier molecular flexibility index (Phi) is 5.10. The summed E-state index contributed by atoms with van der Waals surface area (Å²) < 4.78 is 47.4. The molecule has 7 nitrogen and oxygen atoms in total. The van der Waals surface area contributed by atoms with Gasteiger partial charge < -0.3 is 4.74 Å². The van der Waals surface area contributed by atoms with Crippen LogP contribution in [0, 0.1) is 13.8 Å². The smallest absolute Gasteiger partial charge is 0.373 e. The lowest BCUT2D eigenvalue weighted by molar-refractivity contribution is -0.137. The summed E-state index contributed by atoms with van der Waals surface area (Å²) in [5.74, 6) is 0.479. The number of fused-ring (bicyclic) bond motifs is 1. The Morgan fingerprint density at radius 1 is 0.971 bits per heavy atom. The SMILES string of the molecule is Cc1nc2nc(C3COC(c4cnn(C5CC5)c4)C3)nc(-c3ccc(C(F)(F)F)cc3)c2nc1C. The second-order valence-electron chi connectivity index (χ2n) is 9.31. The molecule has 0 radical (unpaired) electrons. The van der Waals surface area contributed by atoms with E-state index in [1.165, 1.54) is 12.1 Å². The van der Waals surface area contributed by atoms with E-state index in [4.69, 9.17) is 14.7 Å². The number of ether oxygens (including phenoxy) is 1. The summed E-state index contributed by atoms with van der Waals surface area (Å²) in [6, 6.07) is 5.46. The Morgan fingerprint density at radius 2 is 1.71 bits per heavy atom. The quantitative estimate of drug-likeness (QED) is 0.384. The largest absolute Gasteiger partial charge is 0.416 e. The van der Waals surface area contributed by atoms with Gasteiger partial charge in [-0.2, -0.15) is 18.3 Å². The van der Waals surface area contributed by atoms with Gasteiger partial charge in [-0.25, -0.2) is 19.9 Å². The van der Waals surface area contributed by atoms with Gasteiger partial charge in [-0.3, -0.25) is 4.68 Å². The van der Waals surface area contributed by atoms with Crippen LogP contribution in [-0.4, -0.2) is 36.3 Å². The molecule has 3 aromatic heterocycles. The van der Waals surface area contributed by atoms with Gasteiger partial charge in [0, 0.05) is 23.2 Å². The molecule has 4 aromatic rings. The third kappa shape index (κ3) is 4.16. The van der Waals surface area contributed by atoms with Crippen LogP contribution in [0.4, 0.5) is 13.2 Å². The summed E-state index contributed by atoms with van der Waals surface area (Å²) in [6.07, 6.45) is 2.41. The number of hydrogen-bond acceptors (Lipinski definition) is 6. The first kappa shape index (κ1) is 22.1. The maximum Gasteiger partial charge on any atom is 0.416 e. The van der Waals surface area contributed by atoms with Crippen LogP contribution in [0.3, 0.4) is 0 Å². The van der Waals surface area contributed by atoms with Crippen molar-refractivity contribution in [3.63, 3.8) is 0 Å². The molecule has 1 aliphatic heterocycles. The van der Waals surface area contributed by atoms with Gasteiger partial charge in [0.2, 0.25) is 0 Å². The van der Waals surface area contributed by atoms with Crippen molar-refractivity contribution in [3.8, 4) is 11.3 Å². The van der Waals surface area contributed by atoms with Crippen LogP contribution in [-0.2, 0) is 10.9 Å². The van der Waals surface area contributed by atoms with Crippen molar-refractivity contribution < 1.29 is 17.9 Å². The number of hydrogen-bond donors (Lipinski definition) is 0. The molecule has 1 aromatic carbocycles. The molecular formula is C25H23F3N6O.